The zero-order valence-electron chi connectivity index (χ0n) is 10.6. The second-order valence-electron chi connectivity index (χ2n) is 4.26. The Bertz CT molecular complexity index is 641. The fourth-order valence-corrected chi connectivity index (χ4v) is 1.68. The maximum atomic E-state index is 13.4. The zero-order chi connectivity index (χ0) is 14.0. The fraction of sp³-hybridized carbons (Fsp3) is 0.143. The van der Waals surface area contributed by atoms with Crippen molar-refractivity contribution in [2.75, 3.05) is 5.32 Å². The molecule has 2 rings (SSSR count). The fourth-order valence-electron chi connectivity index (χ4n) is 1.68. The molecule has 5 heteroatoms. The molecule has 1 amide bonds. The van der Waals surface area contributed by atoms with E-state index < -0.39 is 11.7 Å². The number of aromatic nitrogens is 1. The first-order valence-corrected chi connectivity index (χ1v) is 5.70. The summed E-state index contributed by atoms with van der Waals surface area (Å²) < 4.78 is 13.4. The van der Waals surface area contributed by atoms with Gasteiger partial charge in [0.25, 0.3) is 5.91 Å². The minimum Gasteiger partial charge on any atom is -0.508 e. The predicted octanol–water partition coefficient (Wildman–Crippen LogP) is 2.80. The number of pyridine rings is 1. The minimum atomic E-state index is -0.673. The number of hydrogen-bond acceptors (Lipinski definition) is 3. The normalized spacial score (nSPS) is 10.3. The van der Waals surface area contributed by atoms with Crippen molar-refractivity contribution in [1.82, 2.24) is 4.98 Å². The molecular formula is C14H13FN2O2. The van der Waals surface area contributed by atoms with E-state index in [9.17, 15) is 14.3 Å². The molecule has 4 nitrogen and oxygen atoms in total. The lowest BCUT2D eigenvalue weighted by atomic mass is 10.1. The van der Waals surface area contributed by atoms with Crippen LogP contribution in [0.5, 0.6) is 5.75 Å². The highest BCUT2D eigenvalue weighted by atomic mass is 19.1. The SMILES string of the molecule is Cc1cc(NC(=O)c2ccncc2F)c(C)cc1O. The van der Waals surface area contributed by atoms with Crippen LogP contribution in [-0.4, -0.2) is 16.0 Å². The smallest absolute Gasteiger partial charge is 0.258 e. The molecule has 2 aromatic rings. The molecule has 1 heterocycles. The number of amides is 1. The van der Waals surface area contributed by atoms with Crippen molar-refractivity contribution in [3.05, 3.63) is 53.1 Å². The van der Waals surface area contributed by atoms with E-state index in [4.69, 9.17) is 0 Å². The molecule has 1 aromatic heterocycles. The second-order valence-corrected chi connectivity index (χ2v) is 4.26. The number of hydrogen-bond donors (Lipinski definition) is 2. The third kappa shape index (κ3) is 2.70. The van der Waals surface area contributed by atoms with Crippen LogP contribution in [0.15, 0.2) is 30.6 Å². The summed E-state index contributed by atoms with van der Waals surface area (Å²) in [6.45, 7) is 3.47. The molecule has 0 radical (unpaired) electrons. The largest absolute Gasteiger partial charge is 0.508 e. The van der Waals surface area contributed by atoms with E-state index in [1.54, 1.807) is 26.0 Å². The number of nitrogens with one attached hydrogen (secondary N) is 1. The molecule has 2 N–H and O–H groups in total. The number of rotatable bonds is 2. The monoisotopic (exact) mass is 260 g/mol. The standard InChI is InChI=1S/C14H13FN2O2/c1-8-6-13(18)9(2)5-12(8)17-14(19)10-3-4-16-7-11(10)15/h3-7,18H,1-2H3,(H,17,19). The first-order valence-electron chi connectivity index (χ1n) is 5.70. The number of anilines is 1. The second kappa shape index (κ2) is 5.06. The van der Waals surface area contributed by atoms with Gasteiger partial charge in [-0.25, -0.2) is 4.39 Å². The predicted molar refractivity (Wildman–Crippen MR) is 69.7 cm³/mol. The van der Waals surface area contributed by atoms with Crippen LogP contribution in [-0.2, 0) is 0 Å². The molecule has 0 aliphatic rings. The molecule has 98 valence electrons. The highest BCUT2D eigenvalue weighted by Crippen LogP contribution is 2.25. The lowest BCUT2D eigenvalue weighted by Gasteiger charge is -2.11. The molecule has 0 spiro atoms. The molecule has 1 aromatic carbocycles. The number of carbonyl (C=O) groups is 1. The number of aryl methyl sites for hydroxylation is 2. The van der Waals surface area contributed by atoms with Gasteiger partial charge in [0.05, 0.1) is 11.8 Å². The Hall–Kier alpha value is -2.43. The van der Waals surface area contributed by atoms with E-state index >= 15 is 0 Å². The van der Waals surface area contributed by atoms with Gasteiger partial charge in [0.15, 0.2) is 5.82 Å². The Morgan fingerprint density at radius 2 is 2.05 bits per heavy atom. The third-order valence-electron chi connectivity index (χ3n) is 2.81. The molecule has 0 saturated heterocycles. The molecule has 0 aliphatic heterocycles. The van der Waals surface area contributed by atoms with Gasteiger partial charge in [-0.1, -0.05) is 0 Å². The molecule has 19 heavy (non-hydrogen) atoms. The lowest BCUT2D eigenvalue weighted by molar-refractivity contribution is 0.102. The van der Waals surface area contributed by atoms with Crippen molar-refractivity contribution in [3.63, 3.8) is 0 Å². The Morgan fingerprint density at radius 1 is 1.32 bits per heavy atom. The maximum absolute atomic E-state index is 13.4. The van der Waals surface area contributed by atoms with Crippen molar-refractivity contribution in [2.24, 2.45) is 0 Å². The van der Waals surface area contributed by atoms with Crippen LogP contribution in [0.25, 0.3) is 0 Å². The molecular weight excluding hydrogens is 247 g/mol. The Kier molecular flexibility index (Phi) is 3.46. The van der Waals surface area contributed by atoms with Gasteiger partial charge in [-0.2, -0.15) is 0 Å². The van der Waals surface area contributed by atoms with Crippen molar-refractivity contribution in [1.29, 1.82) is 0 Å². The summed E-state index contributed by atoms with van der Waals surface area (Å²) >= 11 is 0. The number of phenols is 1. The summed E-state index contributed by atoms with van der Waals surface area (Å²) in [6.07, 6.45) is 2.34. The minimum absolute atomic E-state index is 0.0693. The van der Waals surface area contributed by atoms with Crippen molar-refractivity contribution in [2.45, 2.75) is 13.8 Å². The van der Waals surface area contributed by atoms with Gasteiger partial charge in [-0.15, -0.1) is 0 Å². The molecule has 0 atom stereocenters. The van der Waals surface area contributed by atoms with Gasteiger partial charge in [-0.05, 0) is 43.2 Å². The lowest BCUT2D eigenvalue weighted by Crippen LogP contribution is -2.14. The average Bonchev–Trinajstić information content (AvgIpc) is 2.36. The van der Waals surface area contributed by atoms with Gasteiger partial charge in [-0.3, -0.25) is 9.78 Å². The van der Waals surface area contributed by atoms with E-state index in [2.05, 4.69) is 10.3 Å². The number of carbonyl (C=O) groups excluding carboxylic acids is 1. The molecule has 0 saturated carbocycles. The van der Waals surface area contributed by atoms with Gasteiger partial charge < -0.3 is 10.4 Å². The third-order valence-corrected chi connectivity index (χ3v) is 2.81. The molecule has 0 bridgehead atoms. The number of halogens is 1. The Balaban J connectivity index is 2.30. The quantitative estimate of drug-likeness (QED) is 0.816. The van der Waals surface area contributed by atoms with Crippen LogP contribution in [0.2, 0.25) is 0 Å². The molecule has 0 aliphatic carbocycles. The zero-order valence-corrected chi connectivity index (χ0v) is 10.6. The van der Waals surface area contributed by atoms with E-state index in [1.165, 1.54) is 12.3 Å². The number of benzene rings is 1. The van der Waals surface area contributed by atoms with E-state index in [1.807, 2.05) is 0 Å². The average molecular weight is 260 g/mol. The summed E-state index contributed by atoms with van der Waals surface area (Å²) in [5, 5.41) is 12.2. The van der Waals surface area contributed by atoms with Gasteiger partial charge in [0.1, 0.15) is 5.75 Å². The first-order chi connectivity index (χ1) is 8.99. The highest BCUT2D eigenvalue weighted by molar-refractivity contribution is 6.04. The van der Waals surface area contributed by atoms with Crippen LogP contribution in [0, 0.1) is 19.7 Å². The Labute approximate surface area is 109 Å². The number of nitrogens with zero attached hydrogens (tertiary/aromatic N) is 1. The van der Waals surface area contributed by atoms with Crippen molar-refractivity contribution >= 4 is 11.6 Å². The molecule has 0 unspecified atom stereocenters. The summed E-state index contributed by atoms with van der Waals surface area (Å²) in [4.78, 5) is 15.5. The number of aromatic hydroxyl groups is 1. The van der Waals surface area contributed by atoms with Crippen molar-refractivity contribution < 1.29 is 14.3 Å². The molecule has 0 fully saturated rings. The van der Waals surface area contributed by atoms with Crippen LogP contribution >= 0.6 is 0 Å². The van der Waals surface area contributed by atoms with Gasteiger partial charge in [0, 0.05) is 11.9 Å². The van der Waals surface area contributed by atoms with E-state index in [-0.39, 0.29) is 11.3 Å². The van der Waals surface area contributed by atoms with Gasteiger partial charge >= 0.3 is 0 Å². The summed E-state index contributed by atoms with van der Waals surface area (Å²) in [7, 11) is 0. The number of phenolic OH excluding ortho intramolecular Hbond substituents is 1. The summed E-state index contributed by atoms with van der Waals surface area (Å²) in [5.41, 5.74) is 1.80. The summed E-state index contributed by atoms with van der Waals surface area (Å²) in [6, 6.07) is 4.50. The van der Waals surface area contributed by atoms with Crippen LogP contribution < -0.4 is 5.32 Å². The topological polar surface area (TPSA) is 62.2 Å². The summed E-state index contributed by atoms with van der Waals surface area (Å²) in [5.74, 6) is -1.06. The first kappa shape index (κ1) is 13.0. The van der Waals surface area contributed by atoms with Crippen LogP contribution in [0.3, 0.4) is 0 Å². The van der Waals surface area contributed by atoms with E-state index in [0.717, 1.165) is 6.20 Å². The maximum Gasteiger partial charge on any atom is 0.258 e. The van der Waals surface area contributed by atoms with Crippen LogP contribution in [0.1, 0.15) is 21.5 Å². The van der Waals surface area contributed by atoms with Crippen LogP contribution in [0.4, 0.5) is 10.1 Å². The van der Waals surface area contributed by atoms with Gasteiger partial charge in [0.2, 0.25) is 0 Å². The Morgan fingerprint density at radius 3 is 2.74 bits per heavy atom. The van der Waals surface area contributed by atoms with Crippen molar-refractivity contribution in [3.8, 4) is 5.75 Å². The highest BCUT2D eigenvalue weighted by Gasteiger charge is 2.13. The van der Waals surface area contributed by atoms with E-state index in [0.29, 0.717) is 16.8 Å².